The summed E-state index contributed by atoms with van der Waals surface area (Å²) in [6.07, 6.45) is 0. The molecule has 25 heavy (non-hydrogen) atoms. The number of aromatic nitrogens is 2. The van der Waals surface area contributed by atoms with Crippen molar-refractivity contribution in [1.82, 2.24) is 9.78 Å². The van der Waals surface area contributed by atoms with Crippen LogP contribution >= 0.6 is 11.6 Å². The van der Waals surface area contributed by atoms with Crippen LogP contribution in [0.2, 0.25) is 5.02 Å². The number of halogens is 1. The molecule has 6 heteroatoms. The highest BCUT2D eigenvalue weighted by molar-refractivity contribution is 6.34. The third-order valence-electron chi connectivity index (χ3n) is 3.81. The maximum atomic E-state index is 12.4. The fourth-order valence-corrected chi connectivity index (χ4v) is 2.78. The lowest BCUT2D eigenvalue weighted by Crippen LogP contribution is -2.12. The van der Waals surface area contributed by atoms with Crippen molar-refractivity contribution in [3.63, 3.8) is 0 Å². The van der Waals surface area contributed by atoms with Crippen LogP contribution in [0.4, 0.5) is 5.69 Å². The van der Waals surface area contributed by atoms with Crippen molar-refractivity contribution >= 4 is 23.2 Å². The Labute approximate surface area is 151 Å². The van der Waals surface area contributed by atoms with Gasteiger partial charge in [0, 0.05) is 17.3 Å². The first-order chi connectivity index (χ1) is 12.0. The number of rotatable bonds is 4. The zero-order chi connectivity index (χ0) is 18.0. The van der Waals surface area contributed by atoms with Crippen molar-refractivity contribution in [2.75, 3.05) is 12.4 Å². The van der Waals surface area contributed by atoms with E-state index in [2.05, 4.69) is 10.4 Å². The SMILES string of the molecule is COc1ccc(NC(=O)c2ccc(-n3nc(C)cc3C)cc2)c(Cl)c1. The highest BCUT2D eigenvalue weighted by Crippen LogP contribution is 2.27. The van der Waals surface area contributed by atoms with Crippen LogP contribution in [0, 0.1) is 13.8 Å². The van der Waals surface area contributed by atoms with E-state index in [0.29, 0.717) is 22.0 Å². The number of hydrogen-bond donors (Lipinski definition) is 1. The second-order valence-corrected chi connectivity index (χ2v) is 6.09. The maximum Gasteiger partial charge on any atom is 0.255 e. The molecule has 0 aliphatic heterocycles. The molecule has 2 aromatic carbocycles. The highest BCUT2D eigenvalue weighted by Gasteiger charge is 2.10. The smallest absolute Gasteiger partial charge is 0.255 e. The number of carbonyl (C=O) groups excluding carboxylic acids is 1. The van der Waals surface area contributed by atoms with Gasteiger partial charge in [0.1, 0.15) is 5.75 Å². The Morgan fingerprint density at radius 2 is 1.84 bits per heavy atom. The minimum absolute atomic E-state index is 0.230. The van der Waals surface area contributed by atoms with E-state index in [1.54, 1.807) is 37.4 Å². The number of benzene rings is 2. The summed E-state index contributed by atoms with van der Waals surface area (Å²) in [6, 6.07) is 14.4. The number of anilines is 1. The third kappa shape index (κ3) is 3.67. The van der Waals surface area contributed by atoms with Crippen LogP contribution in [0.25, 0.3) is 5.69 Å². The zero-order valence-corrected chi connectivity index (χ0v) is 15.0. The summed E-state index contributed by atoms with van der Waals surface area (Å²) >= 11 is 6.16. The van der Waals surface area contributed by atoms with Crippen LogP contribution in [0.5, 0.6) is 5.75 Å². The average Bonchev–Trinajstić information content (AvgIpc) is 2.95. The maximum absolute atomic E-state index is 12.4. The summed E-state index contributed by atoms with van der Waals surface area (Å²) in [4.78, 5) is 12.4. The van der Waals surface area contributed by atoms with Gasteiger partial charge in [-0.05, 0) is 56.3 Å². The monoisotopic (exact) mass is 355 g/mol. The Balaban J connectivity index is 1.78. The molecule has 0 fully saturated rings. The molecule has 0 radical (unpaired) electrons. The van der Waals surface area contributed by atoms with Crippen LogP contribution in [0.1, 0.15) is 21.7 Å². The molecule has 0 saturated carbocycles. The largest absolute Gasteiger partial charge is 0.497 e. The number of methoxy groups -OCH3 is 1. The van der Waals surface area contributed by atoms with E-state index < -0.39 is 0 Å². The van der Waals surface area contributed by atoms with E-state index in [0.717, 1.165) is 17.1 Å². The predicted octanol–water partition coefficient (Wildman–Crippen LogP) is 4.40. The quantitative estimate of drug-likeness (QED) is 0.754. The van der Waals surface area contributed by atoms with Gasteiger partial charge in [-0.2, -0.15) is 5.10 Å². The van der Waals surface area contributed by atoms with Gasteiger partial charge >= 0.3 is 0 Å². The van der Waals surface area contributed by atoms with Crippen molar-refractivity contribution in [1.29, 1.82) is 0 Å². The molecule has 1 N–H and O–H groups in total. The molecule has 0 spiro atoms. The summed E-state index contributed by atoms with van der Waals surface area (Å²) in [6.45, 7) is 3.94. The molecule has 0 saturated heterocycles. The molecular formula is C19H18ClN3O2. The number of nitrogens with one attached hydrogen (secondary N) is 1. The fraction of sp³-hybridized carbons (Fsp3) is 0.158. The van der Waals surface area contributed by atoms with Gasteiger partial charge in [0.05, 0.1) is 29.2 Å². The topological polar surface area (TPSA) is 56.1 Å². The molecule has 1 heterocycles. The Bertz CT molecular complexity index is 917. The standard InChI is InChI=1S/C19H18ClN3O2/c1-12-10-13(2)23(22-12)15-6-4-14(5-7-15)19(24)21-18-9-8-16(25-3)11-17(18)20/h4-11H,1-3H3,(H,21,24). The van der Waals surface area contributed by atoms with Crippen molar-refractivity contribution in [2.45, 2.75) is 13.8 Å². The molecule has 128 valence electrons. The predicted molar refractivity (Wildman–Crippen MR) is 99.0 cm³/mol. The normalized spacial score (nSPS) is 10.6. The van der Waals surface area contributed by atoms with E-state index in [1.807, 2.05) is 36.7 Å². The first kappa shape index (κ1) is 17.0. The van der Waals surface area contributed by atoms with E-state index in [-0.39, 0.29) is 5.91 Å². The molecule has 1 amide bonds. The highest BCUT2D eigenvalue weighted by atomic mass is 35.5. The summed E-state index contributed by atoms with van der Waals surface area (Å²) in [5.74, 6) is 0.407. The van der Waals surface area contributed by atoms with Gasteiger partial charge in [-0.1, -0.05) is 11.6 Å². The lowest BCUT2D eigenvalue weighted by Gasteiger charge is -2.10. The number of amides is 1. The van der Waals surface area contributed by atoms with Gasteiger partial charge < -0.3 is 10.1 Å². The Morgan fingerprint density at radius 3 is 2.40 bits per heavy atom. The Kier molecular flexibility index (Phi) is 4.76. The van der Waals surface area contributed by atoms with Gasteiger partial charge in [-0.15, -0.1) is 0 Å². The van der Waals surface area contributed by atoms with Crippen LogP contribution in [0.15, 0.2) is 48.5 Å². The molecule has 3 aromatic rings. The van der Waals surface area contributed by atoms with E-state index in [9.17, 15) is 4.79 Å². The van der Waals surface area contributed by atoms with Crippen LogP contribution in [0.3, 0.4) is 0 Å². The van der Waals surface area contributed by atoms with Gasteiger partial charge in [0.2, 0.25) is 0 Å². The third-order valence-corrected chi connectivity index (χ3v) is 4.12. The lowest BCUT2D eigenvalue weighted by atomic mass is 10.2. The van der Waals surface area contributed by atoms with Gasteiger partial charge in [-0.25, -0.2) is 4.68 Å². The fourth-order valence-electron chi connectivity index (χ4n) is 2.56. The molecule has 0 bridgehead atoms. The van der Waals surface area contributed by atoms with Crippen molar-refractivity contribution in [3.8, 4) is 11.4 Å². The van der Waals surface area contributed by atoms with Crippen LogP contribution in [-0.2, 0) is 0 Å². The van der Waals surface area contributed by atoms with Crippen molar-refractivity contribution in [3.05, 3.63) is 70.5 Å². The Hall–Kier alpha value is -2.79. The molecule has 0 unspecified atom stereocenters. The second kappa shape index (κ2) is 6.99. The molecule has 0 aliphatic rings. The summed E-state index contributed by atoms with van der Waals surface area (Å²) in [5, 5.41) is 7.66. The average molecular weight is 356 g/mol. The molecule has 5 nitrogen and oxygen atoms in total. The van der Waals surface area contributed by atoms with Crippen molar-refractivity contribution < 1.29 is 9.53 Å². The van der Waals surface area contributed by atoms with Gasteiger partial charge in [0.15, 0.2) is 0 Å². The molecule has 3 rings (SSSR count). The summed E-state index contributed by atoms with van der Waals surface area (Å²) < 4.78 is 6.95. The molecule has 0 atom stereocenters. The van der Waals surface area contributed by atoms with Crippen LogP contribution < -0.4 is 10.1 Å². The first-order valence-corrected chi connectivity index (χ1v) is 8.14. The zero-order valence-electron chi connectivity index (χ0n) is 14.2. The van der Waals surface area contributed by atoms with Crippen LogP contribution in [-0.4, -0.2) is 22.8 Å². The number of aryl methyl sites for hydroxylation is 2. The Morgan fingerprint density at radius 1 is 1.12 bits per heavy atom. The summed E-state index contributed by atoms with van der Waals surface area (Å²) in [5.41, 5.74) is 3.98. The van der Waals surface area contributed by atoms with E-state index >= 15 is 0 Å². The van der Waals surface area contributed by atoms with Gasteiger partial charge in [-0.3, -0.25) is 4.79 Å². The first-order valence-electron chi connectivity index (χ1n) is 7.76. The lowest BCUT2D eigenvalue weighted by molar-refractivity contribution is 0.102. The van der Waals surface area contributed by atoms with Gasteiger partial charge in [0.25, 0.3) is 5.91 Å². The minimum atomic E-state index is -0.230. The minimum Gasteiger partial charge on any atom is -0.497 e. The number of ether oxygens (including phenoxy) is 1. The number of nitrogens with zero attached hydrogens (tertiary/aromatic N) is 2. The van der Waals surface area contributed by atoms with E-state index in [4.69, 9.17) is 16.3 Å². The molecule has 0 aliphatic carbocycles. The van der Waals surface area contributed by atoms with Crippen molar-refractivity contribution in [2.24, 2.45) is 0 Å². The number of hydrogen-bond acceptors (Lipinski definition) is 3. The van der Waals surface area contributed by atoms with E-state index in [1.165, 1.54) is 0 Å². The molecular weight excluding hydrogens is 338 g/mol. The second-order valence-electron chi connectivity index (χ2n) is 5.69. The molecule has 1 aromatic heterocycles. The number of carbonyl (C=O) groups is 1. The summed E-state index contributed by atoms with van der Waals surface area (Å²) in [7, 11) is 1.56.